The van der Waals surface area contributed by atoms with Gasteiger partial charge in [0.25, 0.3) is 11.7 Å². The molecule has 0 bridgehead atoms. The minimum absolute atomic E-state index is 0.0277. The van der Waals surface area contributed by atoms with Crippen molar-refractivity contribution in [3.8, 4) is 5.75 Å². The minimum Gasteiger partial charge on any atom is -0.507 e. The van der Waals surface area contributed by atoms with Crippen molar-refractivity contribution in [2.24, 2.45) is 0 Å². The lowest BCUT2D eigenvalue weighted by atomic mass is 9.95. The maximum atomic E-state index is 13.1. The first kappa shape index (κ1) is 24.5. The second kappa shape index (κ2) is 10.8. The normalized spacial score (nSPS) is 20.7. The highest BCUT2D eigenvalue weighted by Crippen LogP contribution is 2.40. The summed E-state index contributed by atoms with van der Waals surface area (Å²) >= 11 is 12.3. The Balaban J connectivity index is 1.68. The summed E-state index contributed by atoms with van der Waals surface area (Å²) in [6.45, 7) is 4.23. The largest absolute Gasteiger partial charge is 0.507 e. The quantitative estimate of drug-likeness (QED) is 0.346. The highest BCUT2D eigenvalue weighted by molar-refractivity contribution is 6.46. The second-order valence-electron chi connectivity index (χ2n) is 8.20. The summed E-state index contributed by atoms with van der Waals surface area (Å²) in [4.78, 5) is 30.0. The maximum Gasteiger partial charge on any atom is 0.295 e. The van der Waals surface area contributed by atoms with E-state index in [1.165, 1.54) is 18.1 Å². The van der Waals surface area contributed by atoms with E-state index < -0.39 is 17.7 Å². The van der Waals surface area contributed by atoms with Gasteiger partial charge >= 0.3 is 0 Å². The number of ketones is 1. The topological polar surface area (TPSA) is 79.3 Å². The molecule has 1 amide bonds. The first-order valence-corrected chi connectivity index (χ1v) is 11.8. The molecule has 0 unspecified atom stereocenters. The Labute approximate surface area is 208 Å². The van der Waals surface area contributed by atoms with Gasteiger partial charge in [-0.2, -0.15) is 0 Å². The number of hydrogen-bond donors (Lipinski definition) is 1. The van der Waals surface area contributed by atoms with Crippen LogP contribution >= 0.6 is 23.2 Å². The van der Waals surface area contributed by atoms with Gasteiger partial charge in [0.1, 0.15) is 11.5 Å². The third kappa shape index (κ3) is 5.08. The molecule has 7 nitrogen and oxygen atoms in total. The number of carbonyl (C=O) groups is 2. The molecule has 180 valence electrons. The van der Waals surface area contributed by atoms with Crippen molar-refractivity contribution in [1.82, 2.24) is 9.80 Å². The number of nitrogens with zero attached hydrogens (tertiary/aromatic N) is 2. The standard InChI is InChI=1S/C25H26Cl2N2O5/c1-33-20-8-5-17(15-19(20)27)23(30)21-22(16-3-6-18(26)7-4-16)29(25(32)24(21)31)10-2-9-28-11-13-34-14-12-28/h3-8,15,22,30H,2,9-14H2,1H3/t22-/m1/s1. The van der Waals surface area contributed by atoms with Crippen molar-refractivity contribution in [2.75, 3.05) is 46.5 Å². The van der Waals surface area contributed by atoms with Crippen LogP contribution in [0.2, 0.25) is 10.0 Å². The Bertz CT molecular complexity index is 1100. The van der Waals surface area contributed by atoms with E-state index in [1.54, 1.807) is 36.4 Å². The summed E-state index contributed by atoms with van der Waals surface area (Å²) in [5, 5.41) is 12.0. The fraction of sp³-hybridized carbons (Fsp3) is 0.360. The SMILES string of the molecule is COc1ccc(C(O)=C2C(=O)C(=O)N(CCCN3CCOCC3)[C@@H]2c2ccc(Cl)cc2)cc1Cl. The van der Waals surface area contributed by atoms with E-state index >= 15 is 0 Å². The summed E-state index contributed by atoms with van der Waals surface area (Å²) in [6.07, 6.45) is 0.686. The molecule has 9 heteroatoms. The van der Waals surface area contributed by atoms with Gasteiger partial charge in [0.15, 0.2) is 0 Å². The van der Waals surface area contributed by atoms with Crippen LogP contribution in [0, 0.1) is 0 Å². The average molecular weight is 505 g/mol. The highest BCUT2D eigenvalue weighted by atomic mass is 35.5. The van der Waals surface area contributed by atoms with E-state index in [4.69, 9.17) is 32.7 Å². The molecular formula is C25H26Cl2N2O5. The van der Waals surface area contributed by atoms with Gasteiger partial charge < -0.3 is 19.5 Å². The van der Waals surface area contributed by atoms with Crippen LogP contribution in [0.1, 0.15) is 23.6 Å². The molecular weight excluding hydrogens is 479 g/mol. The maximum absolute atomic E-state index is 13.1. The zero-order valence-electron chi connectivity index (χ0n) is 18.8. The number of methoxy groups -OCH3 is 1. The Hall–Kier alpha value is -2.58. The molecule has 1 atom stereocenters. The fourth-order valence-electron chi connectivity index (χ4n) is 4.36. The molecule has 2 aromatic rings. The number of rotatable bonds is 7. The van der Waals surface area contributed by atoms with Crippen molar-refractivity contribution in [3.63, 3.8) is 0 Å². The van der Waals surface area contributed by atoms with Crippen molar-refractivity contribution in [2.45, 2.75) is 12.5 Å². The minimum atomic E-state index is -0.733. The summed E-state index contributed by atoms with van der Waals surface area (Å²) in [6, 6.07) is 10.9. The van der Waals surface area contributed by atoms with E-state index in [9.17, 15) is 14.7 Å². The number of amides is 1. The molecule has 2 heterocycles. The molecule has 0 saturated carbocycles. The number of carbonyl (C=O) groups excluding carboxylic acids is 2. The molecule has 2 aliphatic rings. The summed E-state index contributed by atoms with van der Waals surface area (Å²) in [5.41, 5.74) is 1.05. The predicted molar refractivity (Wildman–Crippen MR) is 130 cm³/mol. The zero-order valence-corrected chi connectivity index (χ0v) is 20.3. The third-order valence-electron chi connectivity index (χ3n) is 6.13. The second-order valence-corrected chi connectivity index (χ2v) is 9.04. The van der Waals surface area contributed by atoms with Gasteiger partial charge in [0.2, 0.25) is 0 Å². The molecule has 34 heavy (non-hydrogen) atoms. The fourth-order valence-corrected chi connectivity index (χ4v) is 4.74. The van der Waals surface area contributed by atoms with Gasteiger partial charge in [-0.05, 0) is 42.3 Å². The average Bonchev–Trinajstić information content (AvgIpc) is 3.09. The predicted octanol–water partition coefficient (Wildman–Crippen LogP) is 4.15. The lowest BCUT2D eigenvalue weighted by molar-refractivity contribution is -0.140. The van der Waals surface area contributed by atoms with Crippen LogP contribution in [0.3, 0.4) is 0 Å². The molecule has 0 spiro atoms. The molecule has 0 aromatic heterocycles. The molecule has 2 saturated heterocycles. The van der Waals surface area contributed by atoms with Crippen molar-refractivity contribution < 1.29 is 24.2 Å². The first-order chi connectivity index (χ1) is 16.4. The van der Waals surface area contributed by atoms with Gasteiger partial charge in [-0.3, -0.25) is 14.5 Å². The van der Waals surface area contributed by atoms with Gasteiger partial charge in [-0.25, -0.2) is 0 Å². The van der Waals surface area contributed by atoms with E-state index in [0.29, 0.717) is 48.1 Å². The number of ether oxygens (including phenoxy) is 2. The Morgan fingerprint density at radius 2 is 1.79 bits per heavy atom. The highest BCUT2D eigenvalue weighted by Gasteiger charge is 2.45. The number of hydrogen-bond acceptors (Lipinski definition) is 6. The van der Waals surface area contributed by atoms with Crippen LogP contribution in [0.25, 0.3) is 5.76 Å². The lowest BCUT2D eigenvalue weighted by Gasteiger charge is -2.29. The van der Waals surface area contributed by atoms with Crippen molar-refractivity contribution in [3.05, 3.63) is 69.2 Å². The molecule has 1 N–H and O–H groups in total. The molecule has 0 radical (unpaired) electrons. The number of halogens is 2. The number of likely N-dealkylation sites (tertiary alicyclic amines) is 1. The molecule has 4 rings (SSSR count). The molecule has 2 fully saturated rings. The number of morpholine rings is 1. The van der Waals surface area contributed by atoms with E-state index in [2.05, 4.69) is 4.90 Å². The van der Waals surface area contributed by atoms with E-state index in [-0.39, 0.29) is 16.4 Å². The van der Waals surface area contributed by atoms with E-state index in [0.717, 1.165) is 19.6 Å². The van der Waals surface area contributed by atoms with Gasteiger partial charge in [-0.1, -0.05) is 35.3 Å². The van der Waals surface area contributed by atoms with Crippen LogP contribution in [0.5, 0.6) is 5.75 Å². The van der Waals surface area contributed by atoms with E-state index in [1.807, 2.05) is 0 Å². The summed E-state index contributed by atoms with van der Waals surface area (Å²) in [5.74, 6) is -1.20. The summed E-state index contributed by atoms with van der Waals surface area (Å²) in [7, 11) is 1.49. The number of Topliss-reactive ketones (excluding diaryl/α,β-unsaturated/α-hetero) is 1. The van der Waals surface area contributed by atoms with Crippen LogP contribution in [0.15, 0.2) is 48.0 Å². The summed E-state index contributed by atoms with van der Waals surface area (Å²) < 4.78 is 10.6. The lowest BCUT2D eigenvalue weighted by Crippen LogP contribution is -2.38. The van der Waals surface area contributed by atoms with Crippen molar-refractivity contribution in [1.29, 1.82) is 0 Å². The van der Waals surface area contributed by atoms with Crippen molar-refractivity contribution >= 4 is 40.7 Å². The number of aliphatic hydroxyl groups is 1. The molecule has 2 aromatic carbocycles. The first-order valence-electron chi connectivity index (χ1n) is 11.1. The molecule has 2 aliphatic heterocycles. The Morgan fingerprint density at radius 3 is 2.44 bits per heavy atom. The number of aliphatic hydroxyl groups excluding tert-OH is 1. The third-order valence-corrected chi connectivity index (χ3v) is 6.68. The van der Waals surface area contributed by atoms with Crippen LogP contribution in [-0.4, -0.2) is 73.1 Å². The van der Waals surface area contributed by atoms with Crippen LogP contribution < -0.4 is 4.74 Å². The zero-order chi connectivity index (χ0) is 24.2. The van der Waals surface area contributed by atoms with Crippen LogP contribution in [0.4, 0.5) is 0 Å². The van der Waals surface area contributed by atoms with Crippen LogP contribution in [-0.2, 0) is 14.3 Å². The monoisotopic (exact) mass is 504 g/mol. The Kier molecular flexibility index (Phi) is 7.78. The van der Waals surface area contributed by atoms with Gasteiger partial charge in [0.05, 0.1) is 37.0 Å². The Morgan fingerprint density at radius 1 is 1.09 bits per heavy atom. The smallest absolute Gasteiger partial charge is 0.295 e. The number of benzene rings is 2. The molecule has 0 aliphatic carbocycles. The van der Waals surface area contributed by atoms with Gasteiger partial charge in [0, 0.05) is 36.8 Å². The van der Waals surface area contributed by atoms with Gasteiger partial charge in [-0.15, -0.1) is 0 Å².